The lowest BCUT2D eigenvalue weighted by molar-refractivity contribution is -0.137. The average molecular weight is 230 g/mol. The molecule has 0 aliphatic heterocycles. The van der Waals surface area contributed by atoms with Gasteiger partial charge in [0, 0.05) is 0 Å². The highest BCUT2D eigenvalue weighted by Gasteiger charge is 2.32. The number of phenols is 1. The Labute approximate surface area is 91.9 Å². The molecule has 0 aromatic heterocycles. The summed E-state index contributed by atoms with van der Waals surface area (Å²) in [4.78, 5) is 0. The Morgan fingerprint density at radius 1 is 1.12 bits per heavy atom. The first-order chi connectivity index (χ1) is 7.48. The molecule has 0 radical (unpaired) electrons. The van der Waals surface area contributed by atoms with Gasteiger partial charge in [0.15, 0.2) is 0 Å². The lowest BCUT2D eigenvalue weighted by Gasteiger charge is -2.14. The van der Waals surface area contributed by atoms with Crippen molar-refractivity contribution in [3.05, 3.63) is 29.3 Å². The molecule has 1 saturated carbocycles. The summed E-state index contributed by atoms with van der Waals surface area (Å²) in [6.07, 6.45) is -0.536. The van der Waals surface area contributed by atoms with Crippen molar-refractivity contribution in [1.29, 1.82) is 0 Å². The van der Waals surface area contributed by atoms with Crippen molar-refractivity contribution in [2.24, 2.45) is 0 Å². The van der Waals surface area contributed by atoms with Crippen molar-refractivity contribution in [3.63, 3.8) is 0 Å². The number of rotatable bonds is 1. The summed E-state index contributed by atoms with van der Waals surface area (Å²) in [5.41, 5.74) is -0.223. The van der Waals surface area contributed by atoms with E-state index in [1.807, 2.05) is 0 Å². The molecule has 4 heteroatoms. The Hall–Kier alpha value is -1.19. The van der Waals surface area contributed by atoms with Gasteiger partial charge in [-0.1, -0.05) is 12.8 Å². The molecule has 2 rings (SSSR count). The summed E-state index contributed by atoms with van der Waals surface area (Å²) in [5, 5.41) is 9.59. The third kappa shape index (κ3) is 2.15. The highest BCUT2D eigenvalue weighted by molar-refractivity contribution is 5.40. The molecule has 0 unspecified atom stereocenters. The molecule has 88 valence electrons. The zero-order valence-electron chi connectivity index (χ0n) is 8.72. The van der Waals surface area contributed by atoms with Gasteiger partial charge in [0.05, 0.1) is 5.56 Å². The van der Waals surface area contributed by atoms with E-state index in [0.29, 0.717) is 5.56 Å². The van der Waals surface area contributed by atoms with Gasteiger partial charge in [-0.05, 0) is 42.5 Å². The van der Waals surface area contributed by atoms with Crippen LogP contribution in [0, 0.1) is 0 Å². The predicted molar refractivity (Wildman–Crippen MR) is 54.3 cm³/mol. The standard InChI is InChI=1S/C12H13F3O/c13-12(14,15)9-5-6-11(16)10(7-9)8-3-1-2-4-8/h5-8,16H,1-4H2. The maximum absolute atomic E-state index is 12.5. The molecule has 1 nitrogen and oxygen atoms in total. The fourth-order valence-electron chi connectivity index (χ4n) is 2.29. The first-order valence-corrected chi connectivity index (χ1v) is 5.38. The second kappa shape index (κ2) is 4.00. The molecule has 0 bridgehead atoms. The Morgan fingerprint density at radius 3 is 2.31 bits per heavy atom. The molecular weight excluding hydrogens is 217 g/mol. The largest absolute Gasteiger partial charge is 0.508 e. The molecule has 1 aromatic rings. The van der Waals surface area contributed by atoms with Crippen LogP contribution < -0.4 is 0 Å². The lowest BCUT2D eigenvalue weighted by Crippen LogP contribution is -2.06. The van der Waals surface area contributed by atoms with Crippen LogP contribution in [-0.4, -0.2) is 5.11 Å². The quantitative estimate of drug-likeness (QED) is 0.771. The van der Waals surface area contributed by atoms with Gasteiger partial charge >= 0.3 is 6.18 Å². The van der Waals surface area contributed by atoms with Gasteiger partial charge in [-0.15, -0.1) is 0 Å². The second-order valence-corrected chi connectivity index (χ2v) is 4.25. The van der Waals surface area contributed by atoms with Crippen LogP contribution in [0.5, 0.6) is 5.75 Å². The molecule has 1 aromatic carbocycles. The molecule has 1 aliphatic carbocycles. The minimum absolute atomic E-state index is 0.0140. The third-order valence-electron chi connectivity index (χ3n) is 3.15. The van der Waals surface area contributed by atoms with Crippen LogP contribution in [0.2, 0.25) is 0 Å². The summed E-state index contributed by atoms with van der Waals surface area (Å²) in [6, 6.07) is 3.16. The zero-order valence-corrected chi connectivity index (χ0v) is 8.72. The number of hydrogen-bond donors (Lipinski definition) is 1. The van der Waals surface area contributed by atoms with Gasteiger partial charge in [-0.3, -0.25) is 0 Å². The molecule has 1 fully saturated rings. The Kier molecular flexibility index (Phi) is 2.82. The van der Waals surface area contributed by atoms with E-state index in [1.54, 1.807) is 0 Å². The monoisotopic (exact) mass is 230 g/mol. The van der Waals surface area contributed by atoms with E-state index in [-0.39, 0.29) is 11.7 Å². The first-order valence-electron chi connectivity index (χ1n) is 5.38. The van der Waals surface area contributed by atoms with Crippen molar-refractivity contribution in [2.75, 3.05) is 0 Å². The maximum atomic E-state index is 12.5. The van der Waals surface area contributed by atoms with Crippen LogP contribution in [0.4, 0.5) is 13.2 Å². The molecular formula is C12H13F3O. The van der Waals surface area contributed by atoms with Gasteiger partial charge in [0.1, 0.15) is 5.75 Å². The van der Waals surface area contributed by atoms with E-state index in [0.717, 1.165) is 43.9 Å². The van der Waals surface area contributed by atoms with E-state index >= 15 is 0 Å². The fraction of sp³-hybridized carbons (Fsp3) is 0.500. The van der Waals surface area contributed by atoms with Crippen molar-refractivity contribution < 1.29 is 18.3 Å². The van der Waals surface area contributed by atoms with Crippen LogP contribution in [0.1, 0.15) is 42.7 Å². The van der Waals surface area contributed by atoms with Crippen LogP contribution in [0.15, 0.2) is 18.2 Å². The molecule has 16 heavy (non-hydrogen) atoms. The number of benzene rings is 1. The SMILES string of the molecule is Oc1ccc(C(F)(F)F)cc1C1CCCC1. The minimum Gasteiger partial charge on any atom is -0.508 e. The van der Waals surface area contributed by atoms with E-state index < -0.39 is 11.7 Å². The minimum atomic E-state index is -4.33. The van der Waals surface area contributed by atoms with E-state index in [9.17, 15) is 18.3 Å². The highest BCUT2D eigenvalue weighted by atomic mass is 19.4. The van der Waals surface area contributed by atoms with E-state index in [2.05, 4.69) is 0 Å². The molecule has 0 heterocycles. The molecule has 0 amide bonds. The predicted octanol–water partition coefficient (Wildman–Crippen LogP) is 4.07. The Morgan fingerprint density at radius 2 is 1.75 bits per heavy atom. The smallest absolute Gasteiger partial charge is 0.416 e. The molecule has 0 atom stereocenters. The molecule has 1 N–H and O–H groups in total. The number of hydrogen-bond acceptors (Lipinski definition) is 1. The summed E-state index contributed by atoms with van der Waals surface area (Å²) >= 11 is 0. The number of halogens is 3. The summed E-state index contributed by atoms with van der Waals surface area (Å²) < 4.78 is 37.5. The molecule has 0 saturated heterocycles. The topological polar surface area (TPSA) is 20.2 Å². The van der Waals surface area contributed by atoms with Crippen LogP contribution in [-0.2, 0) is 6.18 Å². The zero-order chi connectivity index (χ0) is 11.8. The normalized spacial score (nSPS) is 17.9. The first kappa shape index (κ1) is 11.3. The van der Waals surface area contributed by atoms with Crippen molar-refractivity contribution in [3.8, 4) is 5.75 Å². The van der Waals surface area contributed by atoms with Crippen LogP contribution >= 0.6 is 0 Å². The van der Waals surface area contributed by atoms with Crippen molar-refractivity contribution in [2.45, 2.75) is 37.8 Å². The summed E-state index contributed by atoms with van der Waals surface area (Å²) in [7, 11) is 0. The van der Waals surface area contributed by atoms with Gasteiger partial charge in [-0.2, -0.15) is 13.2 Å². The lowest BCUT2D eigenvalue weighted by atomic mass is 9.95. The van der Waals surface area contributed by atoms with Gasteiger partial charge < -0.3 is 5.11 Å². The van der Waals surface area contributed by atoms with E-state index in [1.165, 1.54) is 0 Å². The van der Waals surface area contributed by atoms with Gasteiger partial charge in [0.2, 0.25) is 0 Å². The molecule has 1 aliphatic rings. The Bertz CT molecular complexity index is 378. The number of alkyl halides is 3. The average Bonchev–Trinajstić information content (AvgIpc) is 2.69. The maximum Gasteiger partial charge on any atom is 0.416 e. The summed E-state index contributed by atoms with van der Waals surface area (Å²) in [6.45, 7) is 0. The summed E-state index contributed by atoms with van der Waals surface area (Å²) in [5.74, 6) is 0.0715. The fourth-order valence-corrected chi connectivity index (χ4v) is 2.29. The second-order valence-electron chi connectivity index (χ2n) is 4.25. The van der Waals surface area contributed by atoms with Crippen molar-refractivity contribution in [1.82, 2.24) is 0 Å². The van der Waals surface area contributed by atoms with Crippen LogP contribution in [0.25, 0.3) is 0 Å². The number of phenolic OH excluding ortho intramolecular Hbond substituents is 1. The molecule has 0 spiro atoms. The number of aromatic hydroxyl groups is 1. The van der Waals surface area contributed by atoms with Gasteiger partial charge in [0.25, 0.3) is 0 Å². The Balaban J connectivity index is 2.36. The van der Waals surface area contributed by atoms with E-state index in [4.69, 9.17) is 0 Å². The van der Waals surface area contributed by atoms with Crippen LogP contribution in [0.3, 0.4) is 0 Å². The van der Waals surface area contributed by atoms with Gasteiger partial charge in [-0.25, -0.2) is 0 Å². The highest BCUT2D eigenvalue weighted by Crippen LogP contribution is 2.41. The third-order valence-corrected chi connectivity index (χ3v) is 3.15. The van der Waals surface area contributed by atoms with Crippen molar-refractivity contribution >= 4 is 0 Å².